The van der Waals surface area contributed by atoms with E-state index in [0.29, 0.717) is 24.2 Å². The topological polar surface area (TPSA) is 56.6 Å². The predicted molar refractivity (Wildman–Crippen MR) is 60.7 cm³/mol. The molecule has 0 bridgehead atoms. The summed E-state index contributed by atoms with van der Waals surface area (Å²) in [6.07, 6.45) is -0.604. The van der Waals surface area contributed by atoms with Gasteiger partial charge in [0.15, 0.2) is 0 Å². The van der Waals surface area contributed by atoms with Gasteiger partial charge in [0, 0.05) is 43.3 Å². The molecule has 2 heterocycles. The van der Waals surface area contributed by atoms with Crippen molar-refractivity contribution in [1.29, 1.82) is 0 Å². The third kappa shape index (κ3) is 2.66. The third-order valence-corrected chi connectivity index (χ3v) is 3.29. The Morgan fingerprint density at radius 3 is 2.72 bits per heavy atom. The lowest BCUT2D eigenvalue weighted by molar-refractivity contribution is 0.103. The van der Waals surface area contributed by atoms with Crippen molar-refractivity contribution in [2.24, 2.45) is 5.92 Å². The monoisotopic (exact) mass is 258 g/mol. The number of halogens is 2. The number of likely N-dealkylation sites (tertiary alicyclic amines) is 1. The fourth-order valence-electron chi connectivity index (χ4n) is 2.23. The summed E-state index contributed by atoms with van der Waals surface area (Å²) in [6, 6.07) is 1.43. The number of aryl methyl sites for hydroxylation is 1. The average Bonchev–Trinajstić information content (AvgIpc) is 2.66. The standard InChI is InChI=1S/C12H16F2N2O2/c1-7-2-8(12(14)15-11(7)13)3-16-4-9(6-17)10(18)5-16/h2,9-10,17-18H,3-6H2,1H3. The SMILES string of the molecule is Cc1cc(CN2CC(O)C(CO)C2)c(F)nc1F. The molecule has 0 saturated carbocycles. The summed E-state index contributed by atoms with van der Waals surface area (Å²) in [6.45, 7) is 2.56. The van der Waals surface area contributed by atoms with Crippen molar-refractivity contribution in [2.75, 3.05) is 19.7 Å². The molecular weight excluding hydrogens is 242 g/mol. The van der Waals surface area contributed by atoms with E-state index in [4.69, 9.17) is 5.11 Å². The zero-order valence-corrected chi connectivity index (χ0v) is 10.1. The molecule has 2 unspecified atom stereocenters. The van der Waals surface area contributed by atoms with E-state index in [2.05, 4.69) is 4.98 Å². The molecule has 1 saturated heterocycles. The van der Waals surface area contributed by atoms with Gasteiger partial charge < -0.3 is 10.2 Å². The van der Waals surface area contributed by atoms with Gasteiger partial charge >= 0.3 is 0 Å². The first-order valence-electron chi connectivity index (χ1n) is 5.84. The molecule has 4 nitrogen and oxygen atoms in total. The first-order chi connectivity index (χ1) is 8.51. The lowest BCUT2D eigenvalue weighted by atomic mass is 10.1. The van der Waals surface area contributed by atoms with Crippen molar-refractivity contribution in [1.82, 2.24) is 9.88 Å². The molecule has 0 aliphatic carbocycles. The van der Waals surface area contributed by atoms with Crippen LogP contribution in [0.1, 0.15) is 11.1 Å². The van der Waals surface area contributed by atoms with Gasteiger partial charge in [0.05, 0.1) is 6.10 Å². The molecule has 1 aromatic rings. The number of pyridine rings is 1. The second kappa shape index (κ2) is 5.26. The van der Waals surface area contributed by atoms with Crippen LogP contribution in [0.3, 0.4) is 0 Å². The number of hydrogen-bond donors (Lipinski definition) is 2. The lowest BCUT2D eigenvalue weighted by Gasteiger charge is -2.15. The first-order valence-corrected chi connectivity index (χ1v) is 5.84. The highest BCUT2D eigenvalue weighted by Crippen LogP contribution is 2.20. The number of nitrogens with zero attached hydrogens (tertiary/aromatic N) is 2. The van der Waals surface area contributed by atoms with Crippen molar-refractivity contribution in [3.63, 3.8) is 0 Å². The maximum Gasteiger partial charge on any atom is 0.220 e. The molecule has 0 radical (unpaired) electrons. The van der Waals surface area contributed by atoms with Crippen molar-refractivity contribution >= 4 is 0 Å². The Labute approximate surface area is 104 Å². The van der Waals surface area contributed by atoms with Crippen molar-refractivity contribution in [3.8, 4) is 0 Å². The molecule has 1 aliphatic rings. The highest BCUT2D eigenvalue weighted by molar-refractivity contribution is 5.19. The van der Waals surface area contributed by atoms with E-state index in [-0.39, 0.29) is 19.1 Å². The van der Waals surface area contributed by atoms with E-state index >= 15 is 0 Å². The minimum absolute atomic E-state index is 0.0964. The maximum absolute atomic E-state index is 13.5. The third-order valence-electron chi connectivity index (χ3n) is 3.29. The minimum Gasteiger partial charge on any atom is -0.396 e. The van der Waals surface area contributed by atoms with E-state index in [9.17, 15) is 13.9 Å². The summed E-state index contributed by atoms with van der Waals surface area (Å²) in [7, 11) is 0. The molecule has 0 spiro atoms. The number of aliphatic hydroxyl groups is 2. The van der Waals surface area contributed by atoms with Gasteiger partial charge in [-0.3, -0.25) is 4.90 Å². The zero-order chi connectivity index (χ0) is 13.3. The number of β-amino-alcohol motifs (C(OH)–C–C–N with tert-alkyl or cyclic N) is 1. The Morgan fingerprint density at radius 1 is 1.39 bits per heavy atom. The number of rotatable bonds is 3. The number of aliphatic hydroxyl groups excluding tert-OH is 2. The second-order valence-electron chi connectivity index (χ2n) is 4.75. The Hall–Kier alpha value is -1.11. The van der Waals surface area contributed by atoms with Crippen LogP contribution in [0.2, 0.25) is 0 Å². The van der Waals surface area contributed by atoms with E-state index in [1.165, 1.54) is 13.0 Å². The van der Waals surface area contributed by atoms with E-state index in [1.54, 1.807) is 0 Å². The molecule has 6 heteroatoms. The normalized spacial score (nSPS) is 24.7. The average molecular weight is 258 g/mol. The van der Waals surface area contributed by atoms with Crippen LogP contribution in [-0.2, 0) is 6.54 Å². The van der Waals surface area contributed by atoms with Gasteiger partial charge in [-0.05, 0) is 13.0 Å². The molecule has 2 rings (SSSR count). The molecule has 18 heavy (non-hydrogen) atoms. The summed E-state index contributed by atoms with van der Waals surface area (Å²) >= 11 is 0. The fraction of sp³-hybridized carbons (Fsp3) is 0.583. The summed E-state index contributed by atoms with van der Waals surface area (Å²) in [5.41, 5.74) is 0.601. The lowest BCUT2D eigenvalue weighted by Crippen LogP contribution is -2.22. The van der Waals surface area contributed by atoms with Gasteiger partial charge in [-0.2, -0.15) is 13.8 Å². The molecule has 0 amide bonds. The predicted octanol–water partition coefficient (Wildman–Crippen LogP) is 0.453. The molecule has 0 aromatic carbocycles. The van der Waals surface area contributed by atoms with E-state index < -0.39 is 18.0 Å². The smallest absolute Gasteiger partial charge is 0.220 e. The Morgan fingerprint density at radius 2 is 2.11 bits per heavy atom. The number of aromatic nitrogens is 1. The van der Waals surface area contributed by atoms with Crippen molar-refractivity contribution in [3.05, 3.63) is 29.1 Å². The fourth-order valence-corrected chi connectivity index (χ4v) is 2.23. The molecular formula is C12H16F2N2O2. The Balaban J connectivity index is 2.09. The van der Waals surface area contributed by atoms with Crippen LogP contribution in [0.25, 0.3) is 0 Å². The van der Waals surface area contributed by atoms with Crippen LogP contribution in [0, 0.1) is 24.7 Å². The summed E-state index contributed by atoms with van der Waals surface area (Å²) in [5, 5.41) is 18.7. The van der Waals surface area contributed by atoms with E-state index in [1.807, 2.05) is 4.90 Å². The van der Waals surface area contributed by atoms with Crippen LogP contribution < -0.4 is 0 Å². The van der Waals surface area contributed by atoms with Gasteiger partial charge in [-0.1, -0.05) is 0 Å². The first kappa shape index (κ1) is 13.3. The van der Waals surface area contributed by atoms with Gasteiger partial charge in [0.25, 0.3) is 0 Å². The van der Waals surface area contributed by atoms with Crippen LogP contribution in [0.15, 0.2) is 6.07 Å². The van der Waals surface area contributed by atoms with Crippen LogP contribution in [-0.4, -0.2) is 45.9 Å². The Bertz CT molecular complexity index is 442. The van der Waals surface area contributed by atoms with Crippen molar-refractivity contribution in [2.45, 2.75) is 19.6 Å². The Kier molecular flexibility index (Phi) is 3.89. The quantitative estimate of drug-likeness (QED) is 0.773. The highest BCUT2D eigenvalue weighted by atomic mass is 19.1. The van der Waals surface area contributed by atoms with Crippen LogP contribution in [0.4, 0.5) is 8.78 Å². The molecule has 2 N–H and O–H groups in total. The summed E-state index contributed by atoms with van der Waals surface area (Å²) in [4.78, 5) is 5.02. The van der Waals surface area contributed by atoms with Gasteiger partial charge in [0.1, 0.15) is 0 Å². The molecule has 1 fully saturated rings. The molecule has 1 aromatic heterocycles. The van der Waals surface area contributed by atoms with Crippen molar-refractivity contribution < 1.29 is 19.0 Å². The molecule has 100 valence electrons. The molecule has 1 aliphatic heterocycles. The van der Waals surface area contributed by atoms with Crippen LogP contribution in [0.5, 0.6) is 0 Å². The molecule has 2 atom stereocenters. The summed E-state index contributed by atoms with van der Waals surface area (Å²) in [5.74, 6) is -1.83. The zero-order valence-electron chi connectivity index (χ0n) is 10.1. The van der Waals surface area contributed by atoms with Gasteiger partial charge in [-0.25, -0.2) is 0 Å². The van der Waals surface area contributed by atoms with Crippen LogP contribution >= 0.6 is 0 Å². The highest BCUT2D eigenvalue weighted by Gasteiger charge is 2.31. The number of hydrogen-bond acceptors (Lipinski definition) is 4. The maximum atomic E-state index is 13.5. The van der Waals surface area contributed by atoms with Gasteiger partial charge in [0.2, 0.25) is 11.9 Å². The minimum atomic E-state index is -0.819. The van der Waals surface area contributed by atoms with E-state index in [0.717, 1.165) is 0 Å². The largest absolute Gasteiger partial charge is 0.396 e. The van der Waals surface area contributed by atoms with Gasteiger partial charge in [-0.15, -0.1) is 0 Å². The second-order valence-corrected chi connectivity index (χ2v) is 4.75. The summed E-state index contributed by atoms with van der Waals surface area (Å²) < 4.78 is 26.5.